The summed E-state index contributed by atoms with van der Waals surface area (Å²) in [6.45, 7) is 4.45. The largest absolute Gasteiger partial charge is 0.143 e. The molecule has 0 aromatic carbocycles. The first-order chi connectivity index (χ1) is 11.8. The SMILES string of the molecule is CCCCCCCCc1csc(-c2ccc(-c3cc(C)cs3)s2)c1. The maximum atomic E-state index is 2.41. The molecule has 0 aliphatic rings. The van der Waals surface area contributed by atoms with Gasteiger partial charge < -0.3 is 0 Å². The minimum atomic E-state index is 1.24. The van der Waals surface area contributed by atoms with Crippen LogP contribution in [0.3, 0.4) is 0 Å². The van der Waals surface area contributed by atoms with Crippen LogP contribution in [-0.2, 0) is 6.42 Å². The van der Waals surface area contributed by atoms with Crippen LogP contribution in [0.15, 0.2) is 35.0 Å². The molecular formula is C21H26S3. The maximum absolute atomic E-state index is 2.41. The zero-order chi connectivity index (χ0) is 16.8. The number of aryl methyl sites for hydroxylation is 2. The van der Waals surface area contributed by atoms with E-state index < -0.39 is 0 Å². The van der Waals surface area contributed by atoms with Crippen molar-refractivity contribution in [3.8, 4) is 19.5 Å². The van der Waals surface area contributed by atoms with Crippen molar-refractivity contribution in [2.45, 2.75) is 58.8 Å². The summed E-state index contributed by atoms with van der Waals surface area (Å²) < 4.78 is 0. The first kappa shape index (κ1) is 17.9. The normalized spacial score (nSPS) is 11.2. The Morgan fingerprint density at radius 2 is 1.42 bits per heavy atom. The van der Waals surface area contributed by atoms with Gasteiger partial charge in [0.2, 0.25) is 0 Å². The van der Waals surface area contributed by atoms with Crippen LogP contribution in [0.2, 0.25) is 0 Å². The Morgan fingerprint density at radius 3 is 2.12 bits per heavy atom. The van der Waals surface area contributed by atoms with Crippen molar-refractivity contribution in [1.82, 2.24) is 0 Å². The highest BCUT2D eigenvalue weighted by Crippen LogP contribution is 2.39. The molecule has 0 aliphatic carbocycles. The third-order valence-corrected chi connectivity index (χ3v) is 7.80. The van der Waals surface area contributed by atoms with Gasteiger partial charge in [-0.1, -0.05) is 39.0 Å². The Balaban J connectivity index is 1.55. The summed E-state index contributed by atoms with van der Waals surface area (Å²) in [6.07, 6.45) is 9.50. The zero-order valence-corrected chi connectivity index (χ0v) is 17.1. The molecule has 3 heterocycles. The van der Waals surface area contributed by atoms with E-state index in [4.69, 9.17) is 0 Å². The molecule has 3 aromatic heterocycles. The molecule has 0 atom stereocenters. The van der Waals surface area contributed by atoms with Crippen molar-refractivity contribution in [1.29, 1.82) is 0 Å². The molecule has 0 amide bonds. The predicted molar refractivity (Wildman–Crippen MR) is 113 cm³/mol. The van der Waals surface area contributed by atoms with Crippen LogP contribution < -0.4 is 0 Å². The van der Waals surface area contributed by atoms with Crippen molar-refractivity contribution in [2.24, 2.45) is 0 Å². The fourth-order valence-corrected chi connectivity index (χ4v) is 5.96. The van der Waals surface area contributed by atoms with Crippen LogP contribution in [-0.4, -0.2) is 0 Å². The second-order valence-electron chi connectivity index (χ2n) is 6.49. The highest BCUT2D eigenvalue weighted by molar-refractivity contribution is 7.25. The standard InChI is InChI=1S/C21H26S3/c1-3-4-5-6-7-8-9-17-13-21(23-15-17)19-11-10-18(24-19)20-12-16(2)14-22-20/h10-15H,3-9H2,1-2H3. The van der Waals surface area contributed by atoms with Gasteiger partial charge in [0.05, 0.1) is 0 Å². The average molecular weight is 375 g/mol. The van der Waals surface area contributed by atoms with Gasteiger partial charge in [0, 0.05) is 19.5 Å². The number of hydrogen-bond donors (Lipinski definition) is 0. The lowest BCUT2D eigenvalue weighted by molar-refractivity contribution is 0.608. The summed E-state index contributed by atoms with van der Waals surface area (Å²) in [6, 6.07) is 9.26. The summed E-state index contributed by atoms with van der Waals surface area (Å²) in [5.74, 6) is 0. The quantitative estimate of drug-likeness (QED) is 0.330. The molecule has 0 aliphatic heterocycles. The first-order valence-electron chi connectivity index (χ1n) is 8.99. The molecule has 3 aromatic rings. The van der Waals surface area contributed by atoms with E-state index in [9.17, 15) is 0 Å². The predicted octanol–water partition coefficient (Wildman–Crippen LogP) is 8.42. The summed E-state index contributed by atoms with van der Waals surface area (Å²) in [5, 5.41) is 4.59. The molecule has 0 bridgehead atoms. The highest BCUT2D eigenvalue weighted by Gasteiger charge is 2.09. The van der Waals surface area contributed by atoms with E-state index >= 15 is 0 Å². The van der Waals surface area contributed by atoms with Crippen LogP contribution in [0.25, 0.3) is 19.5 Å². The van der Waals surface area contributed by atoms with E-state index in [-0.39, 0.29) is 0 Å². The van der Waals surface area contributed by atoms with Crippen LogP contribution in [0, 0.1) is 6.92 Å². The molecule has 0 fully saturated rings. The summed E-state index contributed by atoms with van der Waals surface area (Å²) >= 11 is 5.68. The minimum absolute atomic E-state index is 1.24. The van der Waals surface area contributed by atoms with Crippen molar-refractivity contribution in [3.63, 3.8) is 0 Å². The molecule has 0 radical (unpaired) electrons. The number of unbranched alkanes of at least 4 members (excludes halogenated alkanes) is 5. The Morgan fingerprint density at radius 1 is 0.750 bits per heavy atom. The van der Waals surface area contributed by atoms with E-state index in [2.05, 4.69) is 48.9 Å². The maximum Gasteiger partial charge on any atom is 0.0449 e. The molecule has 0 spiro atoms. The lowest BCUT2D eigenvalue weighted by Crippen LogP contribution is -1.83. The molecule has 3 rings (SSSR count). The topological polar surface area (TPSA) is 0 Å². The second-order valence-corrected chi connectivity index (χ2v) is 9.40. The average Bonchev–Trinajstić information content (AvgIpc) is 3.30. The van der Waals surface area contributed by atoms with E-state index in [0.29, 0.717) is 0 Å². The summed E-state index contributed by atoms with van der Waals surface area (Å²) in [4.78, 5) is 5.64. The Labute approximate surface area is 158 Å². The van der Waals surface area contributed by atoms with Gasteiger partial charge in [0.1, 0.15) is 0 Å². The third-order valence-electron chi connectivity index (χ3n) is 4.30. The van der Waals surface area contributed by atoms with E-state index in [1.165, 1.54) is 75.6 Å². The lowest BCUT2D eigenvalue weighted by atomic mass is 10.1. The summed E-state index contributed by atoms with van der Waals surface area (Å²) in [7, 11) is 0. The van der Waals surface area contributed by atoms with Crippen LogP contribution in [0.4, 0.5) is 0 Å². The molecule has 128 valence electrons. The second kappa shape index (κ2) is 8.98. The fraction of sp³-hybridized carbons (Fsp3) is 0.429. The zero-order valence-electron chi connectivity index (χ0n) is 14.6. The van der Waals surface area contributed by atoms with Gasteiger partial charge in [0.25, 0.3) is 0 Å². The van der Waals surface area contributed by atoms with Crippen molar-refractivity contribution in [3.05, 3.63) is 46.2 Å². The minimum Gasteiger partial charge on any atom is -0.143 e. The van der Waals surface area contributed by atoms with E-state index in [1.807, 2.05) is 34.0 Å². The molecule has 0 saturated carbocycles. The van der Waals surface area contributed by atoms with Gasteiger partial charge in [-0.25, -0.2) is 0 Å². The van der Waals surface area contributed by atoms with Crippen LogP contribution in [0.1, 0.15) is 56.6 Å². The van der Waals surface area contributed by atoms with Crippen LogP contribution in [0.5, 0.6) is 0 Å². The number of hydrogen-bond acceptors (Lipinski definition) is 3. The van der Waals surface area contributed by atoms with Crippen LogP contribution >= 0.6 is 34.0 Å². The molecule has 0 N–H and O–H groups in total. The summed E-state index contributed by atoms with van der Waals surface area (Å²) in [5.41, 5.74) is 2.88. The monoisotopic (exact) mass is 374 g/mol. The molecular weight excluding hydrogens is 348 g/mol. The molecule has 24 heavy (non-hydrogen) atoms. The van der Waals surface area contributed by atoms with Gasteiger partial charge in [-0.05, 0) is 65.9 Å². The van der Waals surface area contributed by atoms with Crippen molar-refractivity contribution >= 4 is 34.0 Å². The lowest BCUT2D eigenvalue weighted by Gasteiger charge is -1.99. The molecule has 0 saturated heterocycles. The fourth-order valence-electron chi connectivity index (χ4n) is 2.91. The Bertz CT molecular complexity index is 745. The van der Waals surface area contributed by atoms with Gasteiger partial charge in [-0.3, -0.25) is 0 Å². The third kappa shape index (κ3) is 4.81. The van der Waals surface area contributed by atoms with Gasteiger partial charge in [0.15, 0.2) is 0 Å². The first-order valence-corrected chi connectivity index (χ1v) is 11.6. The Kier molecular flexibility index (Phi) is 6.70. The van der Waals surface area contributed by atoms with Crippen molar-refractivity contribution in [2.75, 3.05) is 0 Å². The molecule has 3 heteroatoms. The van der Waals surface area contributed by atoms with Gasteiger partial charge in [-0.2, -0.15) is 0 Å². The highest BCUT2D eigenvalue weighted by atomic mass is 32.1. The van der Waals surface area contributed by atoms with Crippen molar-refractivity contribution < 1.29 is 0 Å². The molecule has 0 unspecified atom stereocenters. The van der Waals surface area contributed by atoms with E-state index in [0.717, 1.165) is 0 Å². The number of rotatable bonds is 9. The van der Waals surface area contributed by atoms with Gasteiger partial charge in [-0.15, -0.1) is 34.0 Å². The molecule has 0 nitrogen and oxygen atoms in total. The number of thiophene rings is 3. The van der Waals surface area contributed by atoms with Gasteiger partial charge >= 0.3 is 0 Å². The smallest absolute Gasteiger partial charge is 0.0449 e. The van der Waals surface area contributed by atoms with E-state index in [1.54, 1.807) is 0 Å². The Hall–Kier alpha value is -0.900.